The summed E-state index contributed by atoms with van der Waals surface area (Å²) in [5.41, 5.74) is 3.19. The van der Waals surface area contributed by atoms with Crippen molar-refractivity contribution in [2.75, 3.05) is 18.6 Å². The zero-order chi connectivity index (χ0) is 20.4. The molecule has 4 rings (SSSR count). The number of rotatable bonds is 5. The molecule has 0 bridgehead atoms. The Morgan fingerprint density at radius 3 is 2.55 bits per heavy atom. The standard InChI is InChI=1S/C21H21F3N4O/c1-29-20-5-3-2-4-15(20)10-13-28-19-11-12-27(14-18(19)25-26-28)17-8-6-16(7-9-17)21(22,23)24/h2-9H,10-14H2,1H3. The van der Waals surface area contributed by atoms with Gasteiger partial charge in [-0.05, 0) is 42.3 Å². The molecule has 0 unspecified atom stereocenters. The van der Waals surface area contributed by atoms with Crippen LogP contribution in [0.3, 0.4) is 0 Å². The first kappa shape index (κ1) is 19.3. The number of alkyl halides is 3. The first-order valence-corrected chi connectivity index (χ1v) is 9.41. The maximum absolute atomic E-state index is 12.8. The van der Waals surface area contributed by atoms with Gasteiger partial charge in [0.15, 0.2) is 0 Å². The second kappa shape index (κ2) is 7.77. The molecular formula is C21H21F3N4O. The van der Waals surface area contributed by atoms with E-state index in [1.165, 1.54) is 12.1 Å². The normalized spacial score (nSPS) is 14.0. The lowest BCUT2D eigenvalue weighted by Gasteiger charge is -2.28. The summed E-state index contributed by atoms with van der Waals surface area (Å²) in [4.78, 5) is 2.03. The summed E-state index contributed by atoms with van der Waals surface area (Å²) >= 11 is 0. The second-order valence-corrected chi connectivity index (χ2v) is 6.98. The van der Waals surface area contributed by atoms with Crippen molar-refractivity contribution < 1.29 is 17.9 Å². The third-order valence-corrected chi connectivity index (χ3v) is 5.22. The number of ether oxygens (including phenoxy) is 1. The van der Waals surface area contributed by atoms with Gasteiger partial charge in [-0.1, -0.05) is 23.4 Å². The predicted octanol–water partition coefficient (Wildman–Crippen LogP) is 4.11. The molecule has 5 nitrogen and oxygen atoms in total. The van der Waals surface area contributed by atoms with Crippen molar-refractivity contribution in [1.82, 2.24) is 15.0 Å². The summed E-state index contributed by atoms with van der Waals surface area (Å²) in [6.45, 7) is 1.94. The summed E-state index contributed by atoms with van der Waals surface area (Å²) in [5, 5.41) is 8.60. The molecule has 2 aromatic carbocycles. The van der Waals surface area contributed by atoms with E-state index in [1.54, 1.807) is 7.11 Å². The Bertz CT molecular complexity index is 982. The number of halogens is 3. The summed E-state index contributed by atoms with van der Waals surface area (Å²) in [7, 11) is 1.66. The molecule has 0 saturated carbocycles. The number of hydrogen-bond acceptors (Lipinski definition) is 4. The molecule has 0 radical (unpaired) electrons. The summed E-state index contributed by atoms with van der Waals surface area (Å²) in [6, 6.07) is 13.2. The van der Waals surface area contributed by atoms with Crippen LogP contribution in [0.25, 0.3) is 0 Å². The Hall–Kier alpha value is -3.03. The zero-order valence-electron chi connectivity index (χ0n) is 16.0. The SMILES string of the molecule is COc1ccccc1CCn1nnc2c1CCN(c1ccc(C(F)(F)F)cc1)C2. The van der Waals surface area contributed by atoms with E-state index in [1.807, 2.05) is 33.8 Å². The van der Waals surface area contributed by atoms with Crippen LogP contribution >= 0.6 is 0 Å². The number of methoxy groups -OCH3 is 1. The Morgan fingerprint density at radius 1 is 1.07 bits per heavy atom. The smallest absolute Gasteiger partial charge is 0.416 e. The first-order chi connectivity index (χ1) is 14.0. The second-order valence-electron chi connectivity index (χ2n) is 6.98. The fourth-order valence-corrected chi connectivity index (χ4v) is 3.66. The number of nitrogens with zero attached hydrogens (tertiary/aromatic N) is 4. The monoisotopic (exact) mass is 402 g/mol. The van der Waals surface area contributed by atoms with E-state index in [0.717, 1.165) is 53.4 Å². The quantitative estimate of drug-likeness (QED) is 0.644. The molecule has 1 aliphatic heterocycles. The summed E-state index contributed by atoms with van der Waals surface area (Å²) < 4.78 is 45.6. The van der Waals surface area contributed by atoms with E-state index in [2.05, 4.69) is 10.3 Å². The zero-order valence-corrected chi connectivity index (χ0v) is 16.0. The predicted molar refractivity (Wildman–Crippen MR) is 103 cm³/mol. The Balaban J connectivity index is 1.44. The highest BCUT2D eigenvalue weighted by Crippen LogP contribution is 2.31. The minimum Gasteiger partial charge on any atom is -0.496 e. The van der Waals surface area contributed by atoms with E-state index < -0.39 is 11.7 Å². The Labute approximate surface area is 166 Å². The summed E-state index contributed by atoms with van der Waals surface area (Å²) in [5.74, 6) is 0.856. The van der Waals surface area contributed by atoms with Crippen LogP contribution in [0.2, 0.25) is 0 Å². The van der Waals surface area contributed by atoms with Crippen molar-refractivity contribution in [3.63, 3.8) is 0 Å². The van der Waals surface area contributed by atoms with Crippen LogP contribution in [0.4, 0.5) is 18.9 Å². The van der Waals surface area contributed by atoms with Crippen molar-refractivity contribution in [3.8, 4) is 5.75 Å². The van der Waals surface area contributed by atoms with Gasteiger partial charge in [-0.25, -0.2) is 4.68 Å². The van der Waals surface area contributed by atoms with Gasteiger partial charge in [0.2, 0.25) is 0 Å². The number of benzene rings is 2. The lowest BCUT2D eigenvalue weighted by atomic mass is 10.1. The molecule has 152 valence electrons. The largest absolute Gasteiger partial charge is 0.496 e. The van der Waals surface area contributed by atoms with Crippen LogP contribution in [0.5, 0.6) is 5.75 Å². The topological polar surface area (TPSA) is 43.2 Å². The van der Waals surface area contributed by atoms with Gasteiger partial charge >= 0.3 is 6.18 Å². The Kier molecular flexibility index (Phi) is 5.17. The highest BCUT2D eigenvalue weighted by molar-refractivity contribution is 5.49. The molecule has 0 saturated heterocycles. The average Bonchev–Trinajstić information content (AvgIpc) is 3.14. The van der Waals surface area contributed by atoms with Gasteiger partial charge < -0.3 is 9.64 Å². The molecule has 1 aliphatic rings. The molecule has 0 spiro atoms. The summed E-state index contributed by atoms with van der Waals surface area (Å²) in [6.07, 6.45) is -2.80. The number of fused-ring (bicyclic) bond motifs is 1. The molecular weight excluding hydrogens is 381 g/mol. The fourth-order valence-electron chi connectivity index (χ4n) is 3.66. The third-order valence-electron chi connectivity index (χ3n) is 5.22. The molecule has 1 aromatic heterocycles. The van der Waals surface area contributed by atoms with Crippen LogP contribution < -0.4 is 9.64 Å². The maximum Gasteiger partial charge on any atom is 0.416 e. The molecule has 3 aromatic rings. The molecule has 2 heterocycles. The third kappa shape index (κ3) is 4.06. The minimum absolute atomic E-state index is 0.537. The lowest BCUT2D eigenvalue weighted by molar-refractivity contribution is -0.137. The van der Waals surface area contributed by atoms with Crippen molar-refractivity contribution in [2.45, 2.75) is 32.1 Å². The molecule has 0 atom stereocenters. The Morgan fingerprint density at radius 2 is 1.83 bits per heavy atom. The molecule has 29 heavy (non-hydrogen) atoms. The van der Waals surface area contributed by atoms with Gasteiger partial charge in [0.1, 0.15) is 11.4 Å². The lowest BCUT2D eigenvalue weighted by Crippen LogP contribution is -2.31. The number of hydrogen-bond donors (Lipinski definition) is 0. The number of anilines is 1. The van der Waals surface area contributed by atoms with Crippen LogP contribution in [-0.2, 0) is 32.1 Å². The van der Waals surface area contributed by atoms with Gasteiger partial charge in [0.05, 0.1) is 24.9 Å². The van der Waals surface area contributed by atoms with Crippen LogP contribution in [0.15, 0.2) is 48.5 Å². The van der Waals surface area contributed by atoms with Gasteiger partial charge in [0, 0.05) is 25.2 Å². The van der Waals surface area contributed by atoms with Crippen molar-refractivity contribution in [2.24, 2.45) is 0 Å². The van der Waals surface area contributed by atoms with Crippen molar-refractivity contribution >= 4 is 5.69 Å². The average molecular weight is 402 g/mol. The van der Waals surface area contributed by atoms with E-state index in [0.29, 0.717) is 19.6 Å². The van der Waals surface area contributed by atoms with Gasteiger partial charge in [-0.15, -0.1) is 5.10 Å². The van der Waals surface area contributed by atoms with Crippen LogP contribution in [-0.4, -0.2) is 28.6 Å². The molecule has 0 N–H and O–H groups in total. The highest BCUT2D eigenvalue weighted by atomic mass is 19.4. The molecule has 0 amide bonds. The van der Waals surface area contributed by atoms with Crippen LogP contribution in [0, 0.1) is 0 Å². The molecule has 0 aliphatic carbocycles. The number of aryl methyl sites for hydroxylation is 2. The van der Waals surface area contributed by atoms with Crippen molar-refractivity contribution in [1.29, 1.82) is 0 Å². The van der Waals surface area contributed by atoms with Crippen LogP contribution in [0.1, 0.15) is 22.5 Å². The fraction of sp³-hybridized carbons (Fsp3) is 0.333. The number of para-hydroxylation sites is 1. The van der Waals surface area contributed by atoms with E-state index in [9.17, 15) is 13.2 Å². The van der Waals surface area contributed by atoms with E-state index in [-0.39, 0.29) is 0 Å². The molecule has 8 heteroatoms. The van der Waals surface area contributed by atoms with Gasteiger partial charge in [0.25, 0.3) is 0 Å². The minimum atomic E-state index is -4.32. The van der Waals surface area contributed by atoms with Crippen molar-refractivity contribution in [3.05, 3.63) is 71.0 Å². The molecule has 0 fully saturated rings. The highest BCUT2D eigenvalue weighted by Gasteiger charge is 2.30. The van der Waals surface area contributed by atoms with E-state index in [4.69, 9.17) is 4.74 Å². The van der Waals surface area contributed by atoms with Gasteiger partial charge in [-0.3, -0.25) is 0 Å². The number of aromatic nitrogens is 3. The van der Waals surface area contributed by atoms with Gasteiger partial charge in [-0.2, -0.15) is 13.2 Å². The van der Waals surface area contributed by atoms with E-state index >= 15 is 0 Å². The maximum atomic E-state index is 12.8. The first-order valence-electron chi connectivity index (χ1n) is 9.41.